The predicted molar refractivity (Wildman–Crippen MR) is 61.2 cm³/mol. The molecule has 2 rings (SSSR count). The van der Waals surface area contributed by atoms with E-state index < -0.39 is 0 Å². The van der Waals surface area contributed by atoms with Gasteiger partial charge in [-0.3, -0.25) is 0 Å². The number of fused-ring (bicyclic) bond motifs is 1. The molecular weight excluding hydrogens is 204 g/mol. The third-order valence-corrected chi connectivity index (χ3v) is 2.92. The van der Waals surface area contributed by atoms with E-state index in [1.165, 1.54) is 12.8 Å². The first-order valence-electron chi connectivity index (χ1n) is 6.02. The van der Waals surface area contributed by atoms with Gasteiger partial charge in [0.05, 0.1) is 6.54 Å². The zero-order valence-corrected chi connectivity index (χ0v) is 9.91. The lowest BCUT2D eigenvalue weighted by atomic mass is 10.2. The zero-order valence-electron chi connectivity index (χ0n) is 9.91. The molecule has 1 N–H and O–H groups in total. The van der Waals surface area contributed by atoms with Crippen molar-refractivity contribution >= 4 is 0 Å². The molecule has 0 unspecified atom stereocenters. The van der Waals surface area contributed by atoms with Crippen LogP contribution in [0.3, 0.4) is 0 Å². The summed E-state index contributed by atoms with van der Waals surface area (Å²) in [6, 6.07) is 0. The molecule has 1 aromatic heterocycles. The molecule has 0 radical (unpaired) electrons. The van der Waals surface area contributed by atoms with Gasteiger partial charge in [0.2, 0.25) is 0 Å². The van der Waals surface area contributed by atoms with Crippen LogP contribution in [0.4, 0.5) is 0 Å². The second-order valence-corrected chi connectivity index (χ2v) is 4.16. The maximum absolute atomic E-state index is 5.00. The Morgan fingerprint density at radius 1 is 1.38 bits per heavy atom. The Balaban J connectivity index is 1.78. The van der Waals surface area contributed by atoms with E-state index in [0.29, 0.717) is 0 Å². The molecule has 0 amide bonds. The SMILES string of the molecule is COCCCNCc1nnc2n1CCCC2. The summed E-state index contributed by atoms with van der Waals surface area (Å²) >= 11 is 0. The van der Waals surface area contributed by atoms with E-state index in [-0.39, 0.29) is 0 Å². The zero-order chi connectivity index (χ0) is 11.2. The molecule has 0 fully saturated rings. The molecule has 0 atom stereocenters. The van der Waals surface area contributed by atoms with Crippen LogP contribution in [0.1, 0.15) is 30.9 Å². The summed E-state index contributed by atoms with van der Waals surface area (Å²) in [5.74, 6) is 2.23. The summed E-state index contributed by atoms with van der Waals surface area (Å²) in [5.41, 5.74) is 0. The molecule has 0 saturated carbocycles. The van der Waals surface area contributed by atoms with Crippen LogP contribution in [-0.4, -0.2) is 35.0 Å². The van der Waals surface area contributed by atoms with Crippen LogP contribution >= 0.6 is 0 Å². The van der Waals surface area contributed by atoms with Crippen LogP contribution < -0.4 is 5.32 Å². The van der Waals surface area contributed by atoms with E-state index in [2.05, 4.69) is 20.1 Å². The van der Waals surface area contributed by atoms with E-state index in [1.54, 1.807) is 7.11 Å². The molecule has 0 aromatic carbocycles. The van der Waals surface area contributed by atoms with Crippen molar-refractivity contribution in [2.45, 2.75) is 38.8 Å². The van der Waals surface area contributed by atoms with Gasteiger partial charge in [-0.15, -0.1) is 10.2 Å². The second kappa shape index (κ2) is 5.96. The van der Waals surface area contributed by atoms with Crippen LogP contribution in [0.2, 0.25) is 0 Å². The van der Waals surface area contributed by atoms with Gasteiger partial charge in [0.1, 0.15) is 11.6 Å². The molecule has 0 saturated heterocycles. The van der Waals surface area contributed by atoms with Gasteiger partial charge in [-0.1, -0.05) is 0 Å². The van der Waals surface area contributed by atoms with Gasteiger partial charge in [0.25, 0.3) is 0 Å². The first-order valence-corrected chi connectivity index (χ1v) is 6.02. The minimum atomic E-state index is 0.810. The molecule has 2 heterocycles. The molecule has 0 aliphatic carbocycles. The Bertz CT molecular complexity index is 324. The summed E-state index contributed by atoms with van der Waals surface area (Å²) in [4.78, 5) is 0. The van der Waals surface area contributed by atoms with Crippen LogP contribution in [0, 0.1) is 0 Å². The molecule has 5 heteroatoms. The van der Waals surface area contributed by atoms with Gasteiger partial charge in [-0.2, -0.15) is 0 Å². The van der Waals surface area contributed by atoms with E-state index in [4.69, 9.17) is 4.74 Å². The van der Waals surface area contributed by atoms with Crippen molar-refractivity contribution in [3.8, 4) is 0 Å². The summed E-state index contributed by atoms with van der Waals surface area (Å²) in [6.07, 6.45) is 4.62. The number of aryl methyl sites for hydroxylation is 1. The van der Waals surface area contributed by atoms with Crippen molar-refractivity contribution in [2.75, 3.05) is 20.3 Å². The van der Waals surface area contributed by atoms with E-state index >= 15 is 0 Å². The first kappa shape index (κ1) is 11.5. The standard InChI is InChI=1S/C11H20N4O/c1-16-8-4-6-12-9-11-14-13-10-5-2-3-7-15(10)11/h12H,2-9H2,1H3. The lowest BCUT2D eigenvalue weighted by Gasteiger charge is -2.14. The lowest BCUT2D eigenvalue weighted by molar-refractivity contribution is 0.194. The van der Waals surface area contributed by atoms with Crippen molar-refractivity contribution in [3.63, 3.8) is 0 Å². The lowest BCUT2D eigenvalue weighted by Crippen LogP contribution is -2.21. The third-order valence-electron chi connectivity index (χ3n) is 2.92. The van der Waals surface area contributed by atoms with Crippen LogP contribution in [-0.2, 0) is 24.2 Å². The number of nitrogens with zero attached hydrogens (tertiary/aromatic N) is 3. The maximum Gasteiger partial charge on any atom is 0.147 e. The predicted octanol–water partition coefficient (Wildman–Crippen LogP) is 0.740. The van der Waals surface area contributed by atoms with Crippen LogP contribution in [0.25, 0.3) is 0 Å². The molecule has 0 spiro atoms. The van der Waals surface area contributed by atoms with E-state index in [9.17, 15) is 0 Å². The molecule has 90 valence electrons. The Labute approximate surface area is 96.2 Å². The van der Waals surface area contributed by atoms with Gasteiger partial charge < -0.3 is 14.6 Å². The number of hydrogen-bond donors (Lipinski definition) is 1. The third kappa shape index (κ3) is 2.80. The fourth-order valence-corrected chi connectivity index (χ4v) is 2.04. The fraction of sp³-hybridized carbons (Fsp3) is 0.818. The minimum absolute atomic E-state index is 0.810. The molecule has 1 aliphatic heterocycles. The Hall–Kier alpha value is -0.940. The summed E-state index contributed by atoms with van der Waals surface area (Å²) < 4.78 is 7.25. The van der Waals surface area contributed by atoms with Gasteiger partial charge in [0.15, 0.2) is 0 Å². The largest absolute Gasteiger partial charge is 0.385 e. The molecule has 5 nitrogen and oxygen atoms in total. The quantitative estimate of drug-likeness (QED) is 0.724. The number of nitrogens with one attached hydrogen (secondary N) is 1. The molecular formula is C11H20N4O. The summed E-state index contributed by atoms with van der Waals surface area (Å²) in [7, 11) is 1.73. The normalized spacial score (nSPS) is 15.1. The second-order valence-electron chi connectivity index (χ2n) is 4.16. The number of methoxy groups -OCH3 is 1. The molecule has 1 aromatic rings. The van der Waals surface area contributed by atoms with Crippen molar-refractivity contribution in [1.82, 2.24) is 20.1 Å². The number of rotatable bonds is 6. The van der Waals surface area contributed by atoms with Crippen molar-refractivity contribution < 1.29 is 4.74 Å². The highest BCUT2D eigenvalue weighted by Gasteiger charge is 2.14. The minimum Gasteiger partial charge on any atom is -0.385 e. The maximum atomic E-state index is 5.00. The van der Waals surface area contributed by atoms with Gasteiger partial charge >= 0.3 is 0 Å². The van der Waals surface area contributed by atoms with Gasteiger partial charge in [0, 0.05) is 26.7 Å². The average Bonchev–Trinajstić information content (AvgIpc) is 2.73. The highest BCUT2D eigenvalue weighted by molar-refractivity contribution is 4.98. The summed E-state index contributed by atoms with van der Waals surface area (Å²) in [5, 5.41) is 11.8. The smallest absolute Gasteiger partial charge is 0.147 e. The highest BCUT2D eigenvalue weighted by atomic mass is 16.5. The fourth-order valence-electron chi connectivity index (χ4n) is 2.04. The van der Waals surface area contributed by atoms with Crippen molar-refractivity contribution in [2.24, 2.45) is 0 Å². The monoisotopic (exact) mass is 224 g/mol. The first-order chi connectivity index (χ1) is 7.92. The van der Waals surface area contributed by atoms with E-state index in [1.807, 2.05) is 0 Å². The summed E-state index contributed by atoms with van der Waals surface area (Å²) in [6.45, 7) is 3.68. The number of aromatic nitrogens is 3. The molecule has 0 bridgehead atoms. The number of hydrogen-bond acceptors (Lipinski definition) is 4. The van der Waals surface area contributed by atoms with E-state index in [0.717, 1.165) is 50.7 Å². The Morgan fingerprint density at radius 3 is 3.19 bits per heavy atom. The Morgan fingerprint density at radius 2 is 2.31 bits per heavy atom. The Kier molecular flexibility index (Phi) is 4.30. The van der Waals surface area contributed by atoms with Gasteiger partial charge in [-0.25, -0.2) is 0 Å². The van der Waals surface area contributed by atoms with Crippen LogP contribution in [0.5, 0.6) is 0 Å². The van der Waals surface area contributed by atoms with Crippen molar-refractivity contribution in [3.05, 3.63) is 11.6 Å². The molecule has 16 heavy (non-hydrogen) atoms. The topological polar surface area (TPSA) is 52.0 Å². The highest BCUT2D eigenvalue weighted by Crippen LogP contribution is 2.13. The van der Waals surface area contributed by atoms with Gasteiger partial charge in [-0.05, 0) is 25.8 Å². The average molecular weight is 224 g/mol. The van der Waals surface area contributed by atoms with Crippen molar-refractivity contribution in [1.29, 1.82) is 0 Å². The molecule has 1 aliphatic rings. The number of ether oxygens (including phenoxy) is 1. The van der Waals surface area contributed by atoms with Crippen LogP contribution in [0.15, 0.2) is 0 Å².